The summed E-state index contributed by atoms with van der Waals surface area (Å²) in [5.41, 5.74) is 8.62. The van der Waals surface area contributed by atoms with Gasteiger partial charge in [0.05, 0.1) is 27.9 Å². The molecule has 2 heterocycles. The maximum atomic E-state index is 4.17. The first-order valence-corrected chi connectivity index (χ1v) is 13.8. The summed E-state index contributed by atoms with van der Waals surface area (Å²) >= 11 is 2.67. The van der Waals surface area contributed by atoms with Gasteiger partial charge in [-0.25, -0.2) is 0 Å². The summed E-state index contributed by atoms with van der Waals surface area (Å²) in [6.07, 6.45) is 13.0. The first-order valence-electron chi connectivity index (χ1n) is 12.8. The molecule has 2 nitrogen and oxygen atoms in total. The van der Waals surface area contributed by atoms with E-state index in [1.165, 1.54) is 49.5 Å². The lowest BCUT2D eigenvalue weighted by atomic mass is 10.1. The number of rotatable bonds is 7. The van der Waals surface area contributed by atoms with Crippen molar-refractivity contribution in [1.29, 1.82) is 0 Å². The number of halogens is 1. The Labute approximate surface area is 227 Å². The monoisotopic (exact) mass is 584 g/mol. The van der Waals surface area contributed by atoms with Gasteiger partial charge in [-0.1, -0.05) is 86.7 Å². The molecular weight excluding hydrogens is 551 g/mol. The highest BCUT2D eigenvalue weighted by Crippen LogP contribution is 2.45. The molecule has 0 amide bonds. The Hall–Kier alpha value is -3.05. The van der Waals surface area contributed by atoms with Crippen molar-refractivity contribution in [3.8, 4) is 5.69 Å². The zero-order chi connectivity index (χ0) is 25.4. The molecule has 0 spiro atoms. The molecular formula is C33H33IN2. The van der Waals surface area contributed by atoms with Crippen LogP contribution in [0.2, 0.25) is 0 Å². The number of allylic oxidation sites excluding steroid dienone is 3. The van der Waals surface area contributed by atoms with Gasteiger partial charge in [-0.05, 0) is 79.6 Å². The Balaban J connectivity index is 2.02. The predicted octanol–water partition coefficient (Wildman–Crippen LogP) is 10.2. The summed E-state index contributed by atoms with van der Waals surface area (Å²) in [7, 11) is 0. The van der Waals surface area contributed by atoms with E-state index >= 15 is 0 Å². The van der Waals surface area contributed by atoms with Crippen LogP contribution >= 0.6 is 22.6 Å². The molecule has 5 rings (SSSR count). The van der Waals surface area contributed by atoms with Crippen LogP contribution in [-0.2, 0) is 3.55 Å². The van der Waals surface area contributed by atoms with Gasteiger partial charge in [0.2, 0.25) is 0 Å². The third-order valence-corrected chi connectivity index (χ3v) is 8.49. The lowest BCUT2D eigenvalue weighted by Crippen LogP contribution is -2.24. The molecule has 0 aliphatic rings. The molecule has 0 aliphatic heterocycles. The number of hydrogen-bond donors (Lipinski definition) is 0. The molecule has 0 radical (unpaired) electrons. The number of para-hydroxylation sites is 2. The van der Waals surface area contributed by atoms with Gasteiger partial charge in [0.1, 0.15) is 3.55 Å². The molecule has 5 aromatic rings. The van der Waals surface area contributed by atoms with Crippen LogP contribution in [0.3, 0.4) is 0 Å². The highest BCUT2D eigenvalue weighted by Gasteiger charge is 2.30. The van der Waals surface area contributed by atoms with Crippen molar-refractivity contribution >= 4 is 67.5 Å². The van der Waals surface area contributed by atoms with Crippen molar-refractivity contribution < 1.29 is 0 Å². The molecule has 2 aromatic heterocycles. The number of hydrogen-bond acceptors (Lipinski definition) is 0. The van der Waals surface area contributed by atoms with Gasteiger partial charge in [0.25, 0.3) is 0 Å². The minimum atomic E-state index is -0.150. The first-order chi connectivity index (χ1) is 17.5. The third-order valence-electron chi connectivity index (χ3n) is 7.11. The minimum absolute atomic E-state index is 0.150. The molecule has 0 saturated heterocycles. The summed E-state index contributed by atoms with van der Waals surface area (Å²) in [4.78, 5) is 0. The quantitative estimate of drug-likeness (QED) is 0.102. The van der Waals surface area contributed by atoms with E-state index in [-0.39, 0.29) is 3.55 Å². The SMILES string of the molecule is C=Cc1c(/C=C\C)n(-c2cccc3c2c2cccc(C)c2n3C(I)(/C=C\C)CCC)c2ccccc12. The molecule has 0 aliphatic carbocycles. The normalized spacial score (nSPS) is 14.0. The summed E-state index contributed by atoms with van der Waals surface area (Å²) < 4.78 is 4.85. The van der Waals surface area contributed by atoms with Crippen molar-refractivity contribution in [3.63, 3.8) is 0 Å². The molecule has 3 aromatic carbocycles. The van der Waals surface area contributed by atoms with Crippen molar-refractivity contribution in [1.82, 2.24) is 9.13 Å². The lowest BCUT2D eigenvalue weighted by molar-refractivity contribution is 0.550. The second-order valence-corrected chi connectivity index (χ2v) is 11.3. The third kappa shape index (κ3) is 3.67. The van der Waals surface area contributed by atoms with Crippen LogP contribution < -0.4 is 0 Å². The van der Waals surface area contributed by atoms with Crippen LogP contribution in [0, 0.1) is 6.92 Å². The van der Waals surface area contributed by atoms with E-state index in [0.29, 0.717) is 0 Å². The summed E-state index contributed by atoms with van der Waals surface area (Å²) in [6, 6.07) is 22.2. The van der Waals surface area contributed by atoms with Gasteiger partial charge in [0.15, 0.2) is 0 Å². The topological polar surface area (TPSA) is 9.86 Å². The van der Waals surface area contributed by atoms with E-state index in [0.717, 1.165) is 18.5 Å². The molecule has 1 atom stereocenters. The number of fused-ring (bicyclic) bond motifs is 4. The van der Waals surface area contributed by atoms with Gasteiger partial charge in [0, 0.05) is 21.7 Å². The van der Waals surface area contributed by atoms with E-state index in [1.54, 1.807) is 0 Å². The standard InChI is InChI=1S/C33H33IN2/c1-6-14-27-24(9-4)25-16-10-11-18-28(25)35(27)29-19-13-20-30-31(29)26-17-12-15-23(5)32(26)36(30)33(34,21-7-2)22-8-3/h6-7,9-21H,4,8,22H2,1-3,5H3/b14-6-,21-7-. The fourth-order valence-corrected chi connectivity index (χ4v) is 7.20. The number of aryl methyl sites for hydroxylation is 1. The van der Waals surface area contributed by atoms with Gasteiger partial charge in [-0.3, -0.25) is 0 Å². The minimum Gasteiger partial charge on any atom is -0.321 e. The van der Waals surface area contributed by atoms with E-state index in [9.17, 15) is 0 Å². The van der Waals surface area contributed by atoms with Crippen LogP contribution in [0.15, 0.2) is 85.5 Å². The van der Waals surface area contributed by atoms with E-state index in [2.05, 4.69) is 151 Å². The van der Waals surface area contributed by atoms with E-state index in [1.807, 2.05) is 6.08 Å². The van der Waals surface area contributed by atoms with Crippen molar-refractivity contribution in [3.05, 3.63) is 102 Å². The van der Waals surface area contributed by atoms with E-state index < -0.39 is 0 Å². The summed E-state index contributed by atoms with van der Waals surface area (Å²) in [5.74, 6) is 0. The summed E-state index contributed by atoms with van der Waals surface area (Å²) in [6.45, 7) is 12.9. The molecule has 1 unspecified atom stereocenters. The largest absolute Gasteiger partial charge is 0.321 e. The fourth-order valence-electron chi connectivity index (χ4n) is 5.80. The van der Waals surface area contributed by atoms with Crippen LogP contribution in [0.4, 0.5) is 0 Å². The number of aromatic nitrogens is 2. The molecule has 0 saturated carbocycles. The Morgan fingerprint density at radius 2 is 1.64 bits per heavy atom. The van der Waals surface area contributed by atoms with E-state index in [4.69, 9.17) is 0 Å². The smallest absolute Gasteiger partial charge is 0.115 e. The van der Waals surface area contributed by atoms with Crippen molar-refractivity contribution in [2.24, 2.45) is 0 Å². The second kappa shape index (κ2) is 9.78. The number of benzene rings is 3. The summed E-state index contributed by atoms with van der Waals surface area (Å²) in [5, 5.41) is 3.81. The van der Waals surface area contributed by atoms with Crippen LogP contribution in [-0.4, -0.2) is 9.13 Å². The average Bonchev–Trinajstić information content (AvgIpc) is 3.38. The number of alkyl halides is 1. The molecule has 0 fully saturated rings. The molecule has 36 heavy (non-hydrogen) atoms. The zero-order valence-electron chi connectivity index (χ0n) is 21.6. The molecule has 0 bridgehead atoms. The molecule has 182 valence electrons. The van der Waals surface area contributed by atoms with Crippen LogP contribution in [0.25, 0.3) is 50.5 Å². The Morgan fingerprint density at radius 3 is 2.36 bits per heavy atom. The maximum absolute atomic E-state index is 4.17. The van der Waals surface area contributed by atoms with Gasteiger partial charge in [-0.15, -0.1) is 0 Å². The Kier molecular flexibility index (Phi) is 6.69. The predicted molar refractivity (Wildman–Crippen MR) is 168 cm³/mol. The Bertz CT molecular complexity index is 1660. The molecule has 0 N–H and O–H groups in total. The molecule has 3 heteroatoms. The lowest BCUT2D eigenvalue weighted by Gasteiger charge is -2.29. The second-order valence-electron chi connectivity index (χ2n) is 9.40. The Morgan fingerprint density at radius 1 is 0.917 bits per heavy atom. The number of nitrogens with zero attached hydrogens (tertiary/aromatic N) is 2. The highest BCUT2D eigenvalue weighted by molar-refractivity contribution is 14.1. The highest BCUT2D eigenvalue weighted by atomic mass is 127. The van der Waals surface area contributed by atoms with Crippen molar-refractivity contribution in [2.45, 2.75) is 44.1 Å². The van der Waals surface area contributed by atoms with Gasteiger partial charge < -0.3 is 9.13 Å². The van der Waals surface area contributed by atoms with Gasteiger partial charge >= 0.3 is 0 Å². The fraction of sp³-hybridized carbons (Fsp3) is 0.212. The van der Waals surface area contributed by atoms with Crippen molar-refractivity contribution in [2.75, 3.05) is 0 Å². The maximum Gasteiger partial charge on any atom is 0.115 e. The van der Waals surface area contributed by atoms with Crippen LogP contribution in [0.1, 0.15) is 50.4 Å². The first kappa shape index (κ1) is 24.6. The van der Waals surface area contributed by atoms with Crippen LogP contribution in [0.5, 0.6) is 0 Å². The average molecular weight is 585 g/mol. The van der Waals surface area contributed by atoms with Gasteiger partial charge in [-0.2, -0.15) is 0 Å². The zero-order valence-corrected chi connectivity index (χ0v) is 23.7.